The van der Waals surface area contributed by atoms with Crippen LogP contribution in [0.3, 0.4) is 0 Å². The number of nitrogens with one attached hydrogen (secondary N) is 1. The van der Waals surface area contributed by atoms with Gasteiger partial charge in [-0.2, -0.15) is 0 Å². The summed E-state index contributed by atoms with van der Waals surface area (Å²) >= 11 is 0. The molecule has 2 aliphatic rings. The van der Waals surface area contributed by atoms with Gasteiger partial charge in [0, 0.05) is 34.9 Å². The molecule has 2 aliphatic heterocycles. The van der Waals surface area contributed by atoms with Crippen LogP contribution in [0, 0.1) is 0 Å². The lowest BCUT2D eigenvalue weighted by molar-refractivity contribution is -0.141. The zero-order chi connectivity index (χ0) is 21.1. The third-order valence-electron chi connectivity index (χ3n) is 4.88. The molecule has 9 nitrogen and oxygen atoms in total. The number of esters is 1. The molecule has 2 heterocycles. The SMILES string of the molecule is COC(=O)C[C@@H]1COc2cc(OCc3cc(NC(=O)OC)cc4c3OCO4)ccc21. The summed E-state index contributed by atoms with van der Waals surface area (Å²) in [6.07, 6.45) is -0.314. The lowest BCUT2D eigenvalue weighted by Gasteiger charge is -2.12. The summed E-state index contributed by atoms with van der Waals surface area (Å²) in [5.74, 6) is 2.08. The molecule has 0 saturated carbocycles. The Morgan fingerprint density at radius 2 is 1.93 bits per heavy atom. The zero-order valence-electron chi connectivity index (χ0n) is 16.6. The number of carbonyl (C=O) groups excluding carboxylic acids is 2. The van der Waals surface area contributed by atoms with Crippen molar-refractivity contribution in [3.63, 3.8) is 0 Å². The molecule has 4 rings (SSSR count). The minimum atomic E-state index is -0.585. The fourth-order valence-electron chi connectivity index (χ4n) is 3.39. The molecule has 0 saturated heterocycles. The molecular weight excluding hydrogens is 394 g/mol. The Morgan fingerprint density at radius 3 is 2.73 bits per heavy atom. The number of benzene rings is 2. The monoisotopic (exact) mass is 415 g/mol. The first kappa shape index (κ1) is 19.7. The van der Waals surface area contributed by atoms with E-state index in [1.54, 1.807) is 18.2 Å². The van der Waals surface area contributed by atoms with Gasteiger partial charge in [0.05, 0.1) is 27.2 Å². The summed E-state index contributed by atoms with van der Waals surface area (Å²) in [6.45, 7) is 0.707. The molecular formula is C21H21NO8. The first-order valence-corrected chi connectivity index (χ1v) is 9.31. The second-order valence-electron chi connectivity index (χ2n) is 6.76. The Labute approximate surface area is 172 Å². The summed E-state index contributed by atoms with van der Waals surface area (Å²) in [6, 6.07) is 8.91. The van der Waals surface area contributed by atoms with Gasteiger partial charge in [0.1, 0.15) is 18.1 Å². The molecule has 1 amide bonds. The highest BCUT2D eigenvalue weighted by Crippen LogP contribution is 2.41. The number of carbonyl (C=O) groups is 2. The van der Waals surface area contributed by atoms with Gasteiger partial charge in [-0.15, -0.1) is 0 Å². The predicted molar refractivity (Wildman–Crippen MR) is 104 cm³/mol. The Hall–Kier alpha value is -3.62. The van der Waals surface area contributed by atoms with Crippen LogP contribution in [0.25, 0.3) is 0 Å². The maximum Gasteiger partial charge on any atom is 0.411 e. The van der Waals surface area contributed by atoms with E-state index in [-0.39, 0.29) is 31.7 Å². The van der Waals surface area contributed by atoms with Gasteiger partial charge in [-0.05, 0) is 12.1 Å². The topological polar surface area (TPSA) is 102 Å². The maximum absolute atomic E-state index is 11.6. The van der Waals surface area contributed by atoms with Gasteiger partial charge in [0.15, 0.2) is 11.5 Å². The fraction of sp³-hybridized carbons (Fsp3) is 0.333. The Balaban J connectivity index is 1.48. The lowest BCUT2D eigenvalue weighted by Crippen LogP contribution is -2.11. The third-order valence-corrected chi connectivity index (χ3v) is 4.88. The van der Waals surface area contributed by atoms with Crippen LogP contribution in [-0.2, 0) is 20.9 Å². The summed E-state index contributed by atoms with van der Waals surface area (Å²) in [5.41, 5.74) is 2.17. The molecule has 0 aromatic heterocycles. The minimum Gasteiger partial charge on any atom is -0.492 e. The second-order valence-corrected chi connectivity index (χ2v) is 6.76. The molecule has 30 heavy (non-hydrogen) atoms. The summed E-state index contributed by atoms with van der Waals surface area (Å²) < 4.78 is 31.9. The number of rotatable bonds is 6. The molecule has 0 fully saturated rings. The van der Waals surface area contributed by atoms with Crippen molar-refractivity contribution in [3.8, 4) is 23.0 Å². The normalized spacial score (nSPS) is 15.7. The number of methoxy groups -OCH3 is 2. The van der Waals surface area contributed by atoms with E-state index in [1.165, 1.54) is 14.2 Å². The number of fused-ring (bicyclic) bond motifs is 2. The zero-order valence-corrected chi connectivity index (χ0v) is 16.6. The molecule has 1 atom stereocenters. The van der Waals surface area contributed by atoms with Crippen molar-refractivity contribution in [2.24, 2.45) is 0 Å². The molecule has 2 aromatic carbocycles. The number of hydrogen-bond acceptors (Lipinski definition) is 8. The molecule has 0 aliphatic carbocycles. The molecule has 2 aromatic rings. The van der Waals surface area contributed by atoms with Crippen molar-refractivity contribution >= 4 is 17.7 Å². The van der Waals surface area contributed by atoms with Crippen LogP contribution in [0.5, 0.6) is 23.0 Å². The summed E-state index contributed by atoms with van der Waals surface area (Å²) in [4.78, 5) is 23.1. The lowest BCUT2D eigenvalue weighted by atomic mass is 9.98. The molecule has 0 spiro atoms. The van der Waals surface area contributed by atoms with Crippen molar-refractivity contribution in [1.29, 1.82) is 0 Å². The van der Waals surface area contributed by atoms with Crippen molar-refractivity contribution in [1.82, 2.24) is 0 Å². The first-order valence-electron chi connectivity index (χ1n) is 9.31. The van der Waals surface area contributed by atoms with Gasteiger partial charge < -0.3 is 28.4 Å². The average molecular weight is 415 g/mol. The smallest absolute Gasteiger partial charge is 0.411 e. The van der Waals surface area contributed by atoms with E-state index in [4.69, 9.17) is 23.7 Å². The number of anilines is 1. The molecule has 0 bridgehead atoms. The van der Waals surface area contributed by atoms with Crippen molar-refractivity contribution in [3.05, 3.63) is 41.5 Å². The number of hydrogen-bond donors (Lipinski definition) is 1. The minimum absolute atomic E-state index is 0.0311. The van der Waals surface area contributed by atoms with Gasteiger partial charge in [-0.3, -0.25) is 10.1 Å². The van der Waals surface area contributed by atoms with E-state index in [9.17, 15) is 9.59 Å². The molecule has 0 radical (unpaired) electrons. The number of amides is 1. The quantitative estimate of drug-likeness (QED) is 0.718. The van der Waals surface area contributed by atoms with Gasteiger partial charge in [-0.1, -0.05) is 6.07 Å². The largest absolute Gasteiger partial charge is 0.492 e. The standard InChI is InChI=1S/C21H21NO8/c1-25-19(23)6-12-9-28-17-8-15(3-4-16(12)17)27-10-13-5-14(22-21(24)26-2)7-18-20(13)30-11-29-18/h3-5,7-8,12H,6,9-11H2,1-2H3,(H,22,24)/t12-/m1/s1. The van der Waals surface area contributed by atoms with E-state index in [0.29, 0.717) is 40.9 Å². The second kappa shape index (κ2) is 8.40. The third kappa shape index (κ3) is 4.05. The average Bonchev–Trinajstić information content (AvgIpc) is 3.38. The fourth-order valence-corrected chi connectivity index (χ4v) is 3.39. The van der Waals surface area contributed by atoms with Crippen LogP contribution >= 0.6 is 0 Å². The van der Waals surface area contributed by atoms with E-state index in [1.807, 2.05) is 12.1 Å². The molecule has 1 N–H and O–H groups in total. The van der Waals surface area contributed by atoms with Crippen molar-refractivity contribution in [2.75, 3.05) is 32.9 Å². The van der Waals surface area contributed by atoms with Crippen molar-refractivity contribution < 1.29 is 38.0 Å². The van der Waals surface area contributed by atoms with Crippen LogP contribution in [0.1, 0.15) is 23.5 Å². The van der Waals surface area contributed by atoms with E-state index < -0.39 is 6.09 Å². The highest BCUT2D eigenvalue weighted by molar-refractivity contribution is 5.85. The predicted octanol–water partition coefficient (Wildman–Crippen LogP) is 3.21. The summed E-state index contributed by atoms with van der Waals surface area (Å²) in [5, 5.41) is 2.61. The molecule has 0 unspecified atom stereocenters. The molecule has 158 valence electrons. The highest BCUT2D eigenvalue weighted by atomic mass is 16.7. The van der Waals surface area contributed by atoms with Gasteiger partial charge in [0.2, 0.25) is 6.79 Å². The van der Waals surface area contributed by atoms with Gasteiger partial charge in [0.25, 0.3) is 0 Å². The molecule has 9 heteroatoms. The Morgan fingerprint density at radius 1 is 1.07 bits per heavy atom. The van der Waals surface area contributed by atoms with Gasteiger partial charge in [-0.25, -0.2) is 4.79 Å². The Bertz CT molecular complexity index is 974. The van der Waals surface area contributed by atoms with Gasteiger partial charge >= 0.3 is 12.1 Å². The highest BCUT2D eigenvalue weighted by Gasteiger charge is 2.27. The van der Waals surface area contributed by atoms with E-state index in [0.717, 1.165) is 5.56 Å². The van der Waals surface area contributed by atoms with Crippen LogP contribution in [0.2, 0.25) is 0 Å². The Kier molecular flexibility index (Phi) is 5.51. The number of ether oxygens (including phenoxy) is 6. The summed E-state index contributed by atoms with van der Waals surface area (Å²) in [7, 11) is 2.66. The first-order chi connectivity index (χ1) is 14.6. The van der Waals surface area contributed by atoms with Crippen LogP contribution < -0.4 is 24.3 Å². The van der Waals surface area contributed by atoms with E-state index >= 15 is 0 Å². The van der Waals surface area contributed by atoms with Crippen LogP contribution in [-0.4, -0.2) is 39.7 Å². The van der Waals surface area contributed by atoms with Crippen LogP contribution in [0.15, 0.2) is 30.3 Å². The van der Waals surface area contributed by atoms with Crippen molar-refractivity contribution in [2.45, 2.75) is 18.9 Å². The van der Waals surface area contributed by atoms with E-state index in [2.05, 4.69) is 10.1 Å². The maximum atomic E-state index is 11.6. The van der Waals surface area contributed by atoms with Crippen LogP contribution in [0.4, 0.5) is 10.5 Å².